The predicted octanol–water partition coefficient (Wildman–Crippen LogP) is 5.06. The Labute approximate surface area is 135 Å². The predicted molar refractivity (Wildman–Crippen MR) is 82.8 cm³/mol. The Morgan fingerprint density at radius 1 is 1.22 bits per heavy atom. The maximum Gasteiger partial charge on any atom is 0.416 e. The lowest BCUT2D eigenvalue weighted by Crippen LogP contribution is -2.06. The third kappa shape index (κ3) is 4.19. The molecule has 7 heteroatoms. The first-order valence-corrected chi connectivity index (χ1v) is 7.59. The van der Waals surface area contributed by atoms with E-state index in [-0.39, 0.29) is 21.6 Å². The summed E-state index contributed by atoms with van der Waals surface area (Å²) in [6.07, 6.45) is -4.07. The van der Waals surface area contributed by atoms with Crippen LogP contribution in [0.1, 0.15) is 40.1 Å². The van der Waals surface area contributed by atoms with Crippen molar-refractivity contribution in [2.45, 2.75) is 20.0 Å². The summed E-state index contributed by atoms with van der Waals surface area (Å²) in [4.78, 5) is 22.9. The van der Waals surface area contributed by atoms with Crippen LogP contribution < -0.4 is 0 Å². The standard InChI is InChI=1S/C14H9F3O3S.C2H6/c1-20-13(19)10-4-5-21-12(10)11-6-9(14(15,16)17)3-2-8(11)7-18;1-2/h2-7H,1H3;1-2H3. The molecule has 0 atom stereocenters. The lowest BCUT2D eigenvalue weighted by atomic mass is 10.0. The molecule has 23 heavy (non-hydrogen) atoms. The molecule has 2 aromatic rings. The summed E-state index contributed by atoms with van der Waals surface area (Å²) in [6.45, 7) is 4.00. The van der Waals surface area contributed by atoms with Crippen LogP contribution in [0.4, 0.5) is 13.2 Å². The summed E-state index contributed by atoms with van der Waals surface area (Å²) in [5, 5.41) is 1.55. The highest BCUT2D eigenvalue weighted by molar-refractivity contribution is 7.14. The molecule has 0 aliphatic heterocycles. The van der Waals surface area contributed by atoms with Crippen LogP contribution in [0.3, 0.4) is 0 Å². The molecule has 1 aromatic carbocycles. The van der Waals surface area contributed by atoms with Gasteiger partial charge in [-0.2, -0.15) is 13.2 Å². The normalized spacial score (nSPS) is 10.5. The van der Waals surface area contributed by atoms with E-state index >= 15 is 0 Å². The number of ether oxygens (including phenoxy) is 1. The van der Waals surface area contributed by atoms with Gasteiger partial charge in [0.1, 0.15) is 0 Å². The van der Waals surface area contributed by atoms with Crippen molar-refractivity contribution in [3.63, 3.8) is 0 Å². The Morgan fingerprint density at radius 2 is 1.87 bits per heavy atom. The molecule has 0 aliphatic rings. The number of thiophene rings is 1. The van der Waals surface area contributed by atoms with Gasteiger partial charge in [-0.3, -0.25) is 4.79 Å². The van der Waals surface area contributed by atoms with E-state index < -0.39 is 17.7 Å². The topological polar surface area (TPSA) is 43.4 Å². The highest BCUT2D eigenvalue weighted by atomic mass is 32.1. The molecule has 3 nitrogen and oxygen atoms in total. The minimum absolute atomic E-state index is 0.0650. The number of rotatable bonds is 3. The highest BCUT2D eigenvalue weighted by Gasteiger charge is 2.31. The Balaban J connectivity index is 0.00000127. The van der Waals surface area contributed by atoms with Crippen molar-refractivity contribution in [2.24, 2.45) is 0 Å². The smallest absolute Gasteiger partial charge is 0.416 e. The second kappa shape index (κ2) is 7.92. The van der Waals surface area contributed by atoms with Gasteiger partial charge >= 0.3 is 12.1 Å². The molecule has 124 valence electrons. The molecule has 0 aliphatic carbocycles. The summed E-state index contributed by atoms with van der Waals surface area (Å²) in [6, 6.07) is 4.23. The molecule has 0 amide bonds. The van der Waals surface area contributed by atoms with Gasteiger partial charge in [-0.15, -0.1) is 11.3 Å². The molecule has 1 heterocycles. The van der Waals surface area contributed by atoms with Crippen LogP contribution in [0, 0.1) is 0 Å². The van der Waals surface area contributed by atoms with Crippen molar-refractivity contribution < 1.29 is 27.5 Å². The monoisotopic (exact) mass is 344 g/mol. The average Bonchev–Trinajstić information content (AvgIpc) is 3.04. The second-order valence-corrected chi connectivity index (χ2v) is 4.99. The van der Waals surface area contributed by atoms with Gasteiger partial charge in [0, 0.05) is 16.0 Å². The Hall–Kier alpha value is -2.15. The van der Waals surface area contributed by atoms with Gasteiger partial charge in [0.2, 0.25) is 0 Å². The number of hydrogen-bond acceptors (Lipinski definition) is 4. The molecule has 1 aromatic heterocycles. The van der Waals surface area contributed by atoms with Gasteiger partial charge in [0.05, 0.1) is 18.2 Å². The van der Waals surface area contributed by atoms with Crippen molar-refractivity contribution in [1.82, 2.24) is 0 Å². The summed E-state index contributed by atoms with van der Waals surface area (Å²) in [7, 11) is 1.18. The molecule has 0 saturated carbocycles. The fraction of sp³-hybridized carbons (Fsp3) is 0.250. The number of benzene rings is 1. The maximum atomic E-state index is 12.8. The summed E-state index contributed by atoms with van der Waals surface area (Å²) >= 11 is 1.07. The largest absolute Gasteiger partial charge is 0.465 e. The third-order valence-corrected chi connectivity index (χ3v) is 3.77. The van der Waals surface area contributed by atoms with E-state index in [0.29, 0.717) is 6.29 Å². The minimum atomic E-state index is -4.53. The van der Waals surface area contributed by atoms with Gasteiger partial charge in [-0.1, -0.05) is 19.9 Å². The lowest BCUT2D eigenvalue weighted by molar-refractivity contribution is -0.137. The SMILES string of the molecule is CC.COC(=O)c1ccsc1-c1cc(C(F)(F)F)ccc1C=O. The lowest BCUT2D eigenvalue weighted by Gasteiger charge is -2.11. The molecule has 0 bridgehead atoms. The van der Waals surface area contributed by atoms with E-state index in [4.69, 9.17) is 0 Å². The van der Waals surface area contributed by atoms with E-state index in [1.807, 2.05) is 13.8 Å². The van der Waals surface area contributed by atoms with Crippen molar-refractivity contribution in [3.05, 3.63) is 46.3 Å². The minimum Gasteiger partial charge on any atom is -0.465 e. The van der Waals surface area contributed by atoms with Crippen molar-refractivity contribution >= 4 is 23.6 Å². The van der Waals surface area contributed by atoms with Crippen LogP contribution in [0.5, 0.6) is 0 Å². The molecular formula is C16H15F3O3S. The Morgan fingerprint density at radius 3 is 2.39 bits per heavy atom. The first-order valence-electron chi connectivity index (χ1n) is 6.71. The quantitative estimate of drug-likeness (QED) is 0.577. The summed E-state index contributed by atoms with van der Waals surface area (Å²) < 4.78 is 43.0. The number of methoxy groups -OCH3 is 1. The summed E-state index contributed by atoms with van der Waals surface area (Å²) in [5.41, 5.74) is -0.608. The Bertz CT molecular complexity index is 690. The van der Waals surface area contributed by atoms with Crippen molar-refractivity contribution in [1.29, 1.82) is 0 Å². The van der Waals surface area contributed by atoms with Crippen LogP contribution in [-0.4, -0.2) is 19.4 Å². The number of carbonyl (C=O) groups is 2. The van der Waals surface area contributed by atoms with Crippen molar-refractivity contribution in [3.8, 4) is 10.4 Å². The average molecular weight is 344 g/mol. The number of hydrogen-bond donors (Lipinski definition) is 0. The fourth-order valence-corrected chi connectivity index (χ4v) is 2.74. The number of halogens is 3. The first kappa shape index (κ1) is 18.9. The molecule has 0 spiro atoms. The zero-order chi connectivity index (χ0) is 17.6. The van der Waals surface area contributed by atoms with Gasteiger partial charge < -0.3 is 4.74 Å². The molecule has 0 unspecified atom stereocenters. The molecule has 0 radical (unpaired) electrons. The van der Waals surface area contributed by atoms with E-state index in [9.17, 15) is 22.8 Å². The molecule has 0 N–H and O–H groups in total. The van der Waals surface area contributed by atoms with Crippen LogP contribution >= 0.6 is 11.3 Å². The summed E-state index contributed by atoms with van der Waals surface area (Å²) in [5.74, 6) is -0.666. The van der Waals surface area contributed by atoms with Crippen molar-refractivity contribution in [2.75, 3.05) is 7.11 Å². The van der Waals surface area contributed by atoms with E-state index in [2.05, 4.69) is 4.74 Å². The number of carbonyl (C=O) groups excluding carboxylic acids is 2. The number of esters is 1. The van der Waals surface area contributed by atoms with Gasteiger partial charge in [-0.25, -0.2) is 4.79 Å². The zero-order valence-electron chi connectivity index (χ0n) is 12.7. The molecule has 2 rings (SSSR count). The third-order valence-electron chi connectivity index (χ3n) is 2.82. The Kier molecular flexibility index (Phi) is 6.50. The number of alkyl halides is 3. The molecule has 0 fully saturated rings. The second-order valence-electron chi connectivity index (χ2n) is 4.07. The fourth-order valence-electron chi connectivity index (χ4n) is 1.82. The maximum absolute atomic E-state index is 12.8. The van der Waals surface area contributed by atoms with Crippen LogP contribution in [0.2, 0.25) is 0 Å². The van der Waals surface area contributed by atoms with Crippen LogP contribution in [0.15, 0.2) is 29.6 Å². The van der Waals surface area contributed by atoms with Gasteiger partial charge in [0.15, 0.2) is 6.29 Å². The first-order chi connectivity index (χ1) is 10.9. The zero-order valence-corrected chi connectivity index (χ0v) is 13.5. The number of aldehydes is 1. The van der Waals surface area contributed by atoms with Crippen LogP contribution in [0.25, 0.3) is 10.4 Å². The van der Waals surface area contributed by atoms with Gasteiger partial charge in [-0.05, 0) is 23.6 Å². The highest BCUT2D eigenvalue weighted by Crippen LogP contribution is 2.37. The van der Waals surface area contributed by atoms with E-state index in [1.54, 1.807) is 5.38 Å². The van der Waals surface area contributed by atoms with E-state index in [0.717, 1.165) is 29.5 Å². The van der Waals surface area contributed by atoms with Gasteiger partial charge in [0.25, 0.3) is 0 Å². The molecular weight excluding hydrogens is 329 g/mol. The van der Waals surface area contributed by atoms with Crippen LogP contribution in [-0.2, 0) is 10.9 Å². The van der Waals surface area contributed by atoms with E-state index in [1.165, 1.54) is 13.2 Å². The molecule has 0 saturated heterocycles.